The molecule has 0 saturated heterocycles. The van der Waals surface area contributed by atoms with Gasteiger partial charge >= 0.3 is 5.97 Å². The molecule has 0 atom stereocenters. The summed E-state index contributed by atoms with van der Waals surface area (Å²) in [7, 11) is -3.97. The highest BCUT2D eigenvalue weighted by atomic mass is 35.5. The highest BCUT2D eigenvalue weighted by molar-refractivity contribution is 7.89. The van der Waals surface area contributed by atoms with E-state index in [1.807, 2.05) is 0 Å². The second-order valence-electron chi connectivity index (χ2n) is 5.27. The number of carbonyl (C=O) groups is 1. The summed E-state index contributed by atoms with van der Waals surface area (Å²) in [5.74, 6) is -0.657. The van der Waals surface area contributed by atoms with Gasteiger partial charge in [-0.1, -0.05) is 40.9 Å². The fourth-order valence-corrected chi connectivity index (χ4v) is 4.13. The summed E-state index contributed by atoms with van der Waals surface area (Å²) in [6.07, 6.45) is 0. The Bertz CT molecular complexity index is 885. The molecule has 0 saturated carbocycles. The van der Waals surface area contributed by atoms with E-state index >= 15 is 0 Å². The number of nitrogens with zero attached hydrogens (tertiary/aromatic N) is 1. The molecule has 5 nitrogen and oxygen atoms in total. The van der Waals surface area contributed by atoms with Crippen LogP contribution in [0.2, 0.25) is 15.1 Å². The number of benzene rings is 2. The van der Waals surface area contributed by atoms with Gasteiger partial charge in [0.2, 0.25) is 10.0 Å². The van der Waals surface area contributed by atoms with Crippen molar-refractivity contribution >= 4 is 50.8 Å². The van der Waals surface area contributed by atoms with Crippen molar-refractivity contribution < 1.29 is 17.9 Å². The smallest absolute Gasteiger partial charge is 0.321 e. The maximum Gasteiger partial charge on any atom is 0.321 e. The average molecular weight is 437 g/mol. The van der Waals surface area contributed by atoms with E-state index in [9.17, 15) is 13.2 Å². The Balaban J connectivity index is 2.39. The molecule has 0 fully saturated rings. The first-order valence-electron chi connectivity index (χ1n) is 7.59. The summed E-state index contributed by atoms with van der Waals surface area (Å²) in [4.78, 5) is 11.9. The Hall–Kier alpha value is -1.31. The van der Waals surface area contributed by atoms with Crippen LogP contribution in [-0.2, 0) is 26.1 Å². The van der Waals surface area contributed by atoms with Crippen LogP contribution in [-0.4, -0.2) is 31.8 Å². The topological polar surface area (TPSA) is 63.7 Å². The molecular weight excluding hydrogens is 421 g/mol. The minimum absolute atomic E-state index is 0.0104. The third kappa shape index (κ3) is 5.34. The number of sulfonamides is 1. The van der Waals surface area contributed by atoms with Crippen LogP contribution in [0.1, 0.15) is 12.5 Å². The van der Waals surface area contributed by atoms with Crippen LogP contribution in [0, 0.1) is 0 Å². The number of ether oxygens (including phenoxy) is 1. The second kappa shape index (κ2) is 9.06. The second-order valence-corrected chi connectivity index (χ2v) is 8.49. The van der Waals surface area contributed by atoms with Crippen molar-refractivity contribution in [1.82, 2.24) is 4.31 Å². The molecule has 0 unspecified atom stereocenters. The Morgan fingerprint density at radius 2 is 1.65 bits per heavy atom. The van der Waals surface area contributed by atoms with Crippen LogP contribution >= 0.6 is 34.8 Å². The molecule has 2 aromatic carbocycles. The van der Waals surface area contributed by atoms with Crippen molar-refractivity contribution in [3.63, 3.8) is 0 Å². The highest BCUT2D eigenvalue weighted by Gasteiger charge is 2.28. The lowest BCUT2D eigenvalue weighted by atomic mass is 10.2. The molecule has 0 bridgehead atoms. The van der Waals surface area contributed by atoms with Gasteiger partial charge in [-0.15, -0.1) is 0 Å². The molecular formula is C17H16Cl3NO4S. The zero-order valence-electron chi connectivity index (χ0n) is 13.8. The van der Waals surface area contributed by atoms with E-state index in [4.69, 9.17) is 39.5 Å². The average Bonchev–Trinajstić information content (AvgIpc) is 2.57. The quantitative estimate of drug-likeness (QED) is 0.603. The van der Waals surface area contributed by atoms with Gasteiger partial charge in [0.15, 0.2) is 0 Å². The molecule has 0 heterocycles. The van der Waals surface area contributed by atoms with Gasteiger partial charge in [-0.25, -0.2) is 8.42 Å². The minimum Gasteiger partial charge on any atom is -0.465 e. The van der Waals surface area contributed by atoms with Crippen LogP contribution in [0.25, 0.3) is 0 Å². The van der Waals surface area contributed by atoms with Gasteiger partial charge in [0.1, 0.15) is 6.54 Å². The first-order chi connectivity index (χ1) is 12.2. The lowest BCUT2D eigenvalue weighted by Gasteiger charge is -2.22. The third-order valence-corrected chi connectivity index (χ3v) is 6.07. The molecule has 0 aromatic heterocycles. The van der Waals surface area contributed by atoms with Crippen LogP contribution in [0.3, 0.4) is 0 Å². The molecule has 2 aromatic rings. The van der Waals surface area contributed by atoms with Crippen molar-refractivity contribution in [3.05, 3.63) is 63.1 Å². The first kappa shape index (κ1) is 21.0. The lowest BCUT2D eigenvalue weighted by molar-refractivity contribution is -0.143. The molecule has 26 heavy (non-hydrogen) atoms. The van der Waals surface area contributed by atoms with Crippen molar-refractivity contribution in [2.75, 3.05) is 13.2 Å². The van der Waals surface area contributed by atoms with E-state index < -0.39 is 22.5 Å². The summed E-state index contributed by atoms with van der Waals surface area (Å²) in [5.41, 5.74) is 0.512. The van der Waals surface area contributed by atoms with Gasteiger partial charge in [-0.05, 0) is 48.9 Å². The van der Waals surface area contributed by atoms with Crippen molar-refractivity contribution in [1.29, 1.82) is 0 Å². The first-order valence-corrected chi connectivity index (χ1v) is 10.2. The lowest BCUT2D eigenvalue weighted by Crippen LogP contribution is -2.36. The van der Waals surface area contributed by atoms with E-state index in [1.54, 1.807) is 19.1 Å². The van der Waals surface area contributed by atoms with Gasteiger partial charge in [0.25, 0.3) is 0 Å². The zero-order chi connectivity index (χ0) is 19.3. The molecule has 0 aliphatic carbocycles. The predicted octanol–water partition coefficient (Wildman–Crippen LogP) is 4.40. The maximum absolute atomic E-state index is 13.0. The van der Waals surface area contributed by atoms with Crippen LogP contribution in [0.5, 0.6) is 0 Å². The monoisotopic (exact) mass is 435 g/mol. The van der Waals surface area contributed by atoms with Crippen LogP contribution in [0.15, 0.2) is 47.4 Å². The van der Waals surface area contributed by atoms with E-state index in [1.165, 1.54) is 30.3 Å². The Morgan fingerprint density at radius 3 is 2.23 bits per heavy atom. The molecule has 0 spiro atoms. The number of rotatable bonds is 7. The van der Waals surface area contributed by atoms with Crippen molar-refractivity contribution in [2.24, 2.45) is 0 Å². The van der Waals surface area contributed by atoms with Crippen molar-refractivity contribution in [2.45, 2.75) is 18.4 Å². The third-order valence-electron chi connectivity index (χ3n) is 3.42. The van der Waals surface area contributed by atoms with E-state index in [2.05, 4.69) is 0 Å². The van der Waals surface area contributed by atoms with Gasteiger partial charge in [-0.3, -0.25) is 4.79 Å². The molecule has 0 N–H and O–H groups in total. The summed E-state index contributed by atoms with van der Waals surface area (Å²) in [6, 6.07) is 10.4. The van der Waals surface area contributed by atoms with Gasteiger partial charge in [0.05, 0.1) is 11.5 Å². The van der Waals surface area contributed by atoms with Gasteiger partial charge in [0, 0.05) is 21.6 Å². The Labute approximate surface area is 167 Å². The van der Waals surface area contributed by atoms with E-state index in [0.29, 0.717) is 20.6 Å². The Morgan fingerprint density at radius 1 is 1.04 bits per heavy atom. The SMILES string of the molecule is CCOC(=O)CN(Cc1ccc(Cl)cc1Cl)S(=O)(=O)c1ccc(Cl)cc1. The van der Waals surface area contributed by atoms with Gasteiger partial charge in [-0.2, -0.15) is 4.31 Å². The predicted molar refractivity (Wildman–Crippen MR) is 102 cm³/mol. The normalized spacial score (nSPS) is 11.6. The summed E-state index contributed by atoms with van der Waals surface area (Å²) < 4.78 is 31.8. The number of halogens is 3. The molecule has 0 aliphatic heterocycles. The van der Waals surface area contributed by atoms with E-state index in [0.717, 1.165) is 4.31 Å². The largest absolute Gasteiger partial charge is 0.465 e. The molecule has 0 amide bonds. The summed E-state index contributed by atoms with van der Waals surface area (Å²) in [5, 5.41) is 1.13. The number of carbonyl (C=O) groups excluding carboxylic acids is 1. The molecule has 140 valence electrons. The van der Waals surface area contributed by atoms with Crippen LogP contribution in [0.4, 0.5) is 0 Å². The fourth-order valence-electron chi connectivity index (χ4n) is 2.17. The fraction of sp³-hybridized carbons (Fsp3) is 0.235. The van der Waals surface area contributed by atoms with Gasteiger partial charge < -0.3 is 4.74 Å². The Kier molecular flexibility index (Phi) is 7.32. The summed E-state index contributed by atoms with van der Waals surface area (Å²) >= 11 is 17.8. The molecule has 9 heteroatoms. The standard InChI is InChI=1S/C17H16Cl3NO4S/c1-2-25-17(22)11-21(10-12-3-4-14(19)9-16(12)20)26(23,24)15-7-5-13(18)6-8-15/h3-9H,2,10-11H2,1H3. The van der Waals surface area contributed by atoms with E-state index in [-0.39, 0.29) is 18.0 Å². The molecule has 2 rings (SSSR count). The number of hydrogen-bond acceptors (Lipinski definition) is 4. The number of hydrogen-bond donors (Lipinski definition) is 0. The molecule has 0 aliphatic rings. The minimum atomic E-state index is -3.97. The zero-order valence-corrected chi connectivity index (χ0v) is 16.9. The number of esters is 1. The van der Waals surface area contributed by atoms with Crippen molar-refractivity contribution in [3.8, 4) is 0 Å². The summed E-state index contributed by atoms with van der Waals surface area (Å²) in [6.45, 7) is 1.24. The van der Waals surface area contributed by atoms with Crippen LogP contribution < -0.4 is 0 Å². The maximum atomic E-state index is 13.0. The molecule has 0 radical (unpaired) electrons. The highest BCUT2D eigenvalue weighted by Crippen LogP contribution is 2.25.